The lowest BCUT2D eigenvalue weighted by molar-refractivity contribution is -0.384. The van der Waals surface area contributed by atoms with Crippen molar-refractivity contribution in [3.63, 3.8) is 0 Å². The first-order valence-electron chi connectivity index (χ1n) is 8.13. The van der Waals surface area contributed by atoms with Gasteiger partial charge in [0.25, 0.3) is 5.69 Å². The topological polar surface area (TPSA) is 114 Å². The smallest absolute Gasteiger partial charge is 0.412 e. The van der Waals surface area contributed by atoms with Gasteiger partial charge in [-0.25, -0.2) is 4.79 Å². The summed E-state index contributed by atoms with van der Waals surface area (Å²) in [4.78, 5) is 38.0. The molecule has 0 spiro atoms. The molecule has 0 saturated heterocycles. The van der Waals surface area contributed by atoms with Gasteiger partial charge in [0.15, 0.2) is 0 Å². The van der Waals surface area contributed by atoms with E-state index in [0.717, 1.165) is 6.07 Å². The average Bonchev–Trinajstić information content (AvgIpc) is 2.51. The monoisotopic (exact) mass is 382 g/mol. The number of rotatable bonds is 6. The highest BCUT2D eigenvalue weighted by Crippen LogP contribution is 2.38. The highest BCUT2D eigenvalue weighted by atomic mass is 16.6. The van der Waals surface area contributed by atoms with Gasteiger partial charge >= 0.3 is 6.09 Å². The zero-order chi connectivity index (χ0) is 20.9. The van der Waals surface area contributed by atoms with Crippen LogP contribution in [0.3, 0.4) is 0 Å². The van der Waals surface area contributed by atoms with E-state index in [-0.39, 0.29) is 35.3 Å². The molecule has 0 aliphatic heterocycles. The van der Waals surface area contributed by atoms with E-state index < -0.39 is 16.6 Å². The van der Waals surface area contributed by atoms with Crippen LogP contribution in [-0.4, -0.2) is 62.2 Å². The molecule has 0 aromatic heterocycles. The number of methoxy groups -OCH3 is 1. The molecule has 0 aliphatic carbocycles. The third kappa shape index (κ3) is 6.41. The molecule has 0 heterocycles. The van der Waals surface area contributed by atoms with Gasteiger partial charge in [0.05, 0.1) is 24.3 Å². The second-order valence-corrected chi connectivity index (χ2v) is 7.12. The molecule has 10 nitrogen and oxygen atoms in total. The zero-order valence-corrected chi connectivity index (χ0v) is 16.7. The third-order valence-corrected chi connectivity index (χ3v) is 3.32. The van der Waals surface area contributed by atoms with E-state index in [2.05, 4.69) is 5.32 Å². The standard InChI is InChI=1S/C17H26N4O6/c1-17(2,3)27-16(23)18-11-8-13(21(24)25)12(9-14(11)26-7)20(6)15(22)10-19(4)5/h8-9H,10H2,1-7H3,(H,18,23). The highest BCUT2D eigenvalue weighted by Gasteiger charge is 2.26. The summed E-state index contributed by atoms with van der Waals surface area (Å²) in [7, 11) is 6.23. The van der Waals surface area contributed by atoms with Crippen molar-refractivity contribution in [1.29, 1.82) is 0 Å². The summed E-state index contributed by atoms with van der Waals surface area (Å²) in [6.45, 7) is 5.16. The predicted molar refractivity (Wildman–Crippen MR) is 101 cm³/mol. The zero-order valence-electron chi connectivity index (χ0n) is 16.7. The first kappa shape index (κ1) is 22.2. The fraction of sp³-hybridized carbons (Fsp3) is 0.529. The maximum absolute atomic E-state index is 12.3. The number of nitrogens with zero attached hydrogens (tertiary/aromatic N) is 3. The lowest BCUT2D eigenvalue weighted by atomic mass is 10.2. The number of nitro benzene ring substituents is 1. The van der Waals surface area contributed by atoms with E-state index in [1.165, 1.54) is 25.1 Å². The first-order chi connectivity index (χ1) is 12.4. The predicted octanol–water partition coefficient (Wildman–Crippen LogP) is 2.47. The van der Waals surface area contributed by atoms with E-state index in [0.29, 0.717) is 0 Å². The molecule has 1 aromatic carbocycles. The van der Waals surface area contributed by atoms with E-state index in [4.69, 9.17) is 9.47 Å². The molecule has 0 atom stereocenters. The molecule has 0 aliphatic rings. The van der Waals surface area contributed by atoms with Crippen LogP contribution >= 0.6 is 0 Å². The Morgan fingerprint density at radius 2 is 1.81 bits per heavy atom. The summed E-state index contributed by atoms with van der Waals surface area (Å²) in [6, 6.07) is 2.47. The Labute approximate surface area is 158 Å². The lowest BCUT2D eigenvalue weighted by Crippen LogP contribution is -2.35. The van der Waals surface area contributed by atoms with Crippen LogP contribution in [0.2, 0.25) is 0 Å². The van der Waals surface area contributed by atoms with Gasteiger partial charge in [-0.3, -0.25) is 20.2 Å². The van der Waals surface area contributed by atoms with Crippen LogP contribution in [0.15, 0.2) is 12.1 Å². The summed E-state index contributed by atoms with van der Waals surface area (Å²) in [5.41, 5.74) is -0.965. The maximum atomic E-state index is 12.3. The van der Waals surface area contributed by atoms with Gasteiger partial charge in [-0.1, -0.05) is 0 Å². The summed E-state index contributed by atoms with van der Waals surface area (Å²) in [6.07, 6.45) is -0.778. The number of anilines is 2. The SMILES string of the molecule is COc1cc(N(C)C(=O)CN(C)C)c([N+](=O)[O-])cc1NC(=O)OC(C)(C)C. The molecule has 1 aromatic rings. The van der Waals surface area contributed by atoms with Crippen molar-refractivity contribution in [1.82, 2.24) is 4.90 Å². The molecule has 150 valence electrons. The quantitative estimate of drug-likeness (QED) is 0.594. The van der Waals surface area contributed by atoms with Crippen LogP contribution in [0, 0.1) is 10.1 Å². The van der Waals surface area contributed by atoms with Crippen molar-refractivity contribution in [3.05, 3.63) is 22.2 Å². The van der Waals surface area contributed by atoms with Crippen LogP contribution in [0.25, 0.3) is 0 Å². The second-order valence-electron chi connectivity index (χ2n) is 7.12. The first-order valence-corrected chi connectivity index (χ1v) is 8.13. The molecule has 10 heteroatoms. The Morgan fingerprint density at radius 3 is 2.26 bits per heavy atom. The summed E-state index contributed by atoms with van der Waals surface area (Å²) in [5, 5.41) is 13.9. The largest absolute Gasteiger partial charge is 0.494 e. The van der Waals surface area contributed by atoms with Gasteiger partial charge in [-0.2, -0.15) is 0 Å². The fourth-order valence-corrected chi connectivity index (χ4v) is 2.16. The molecule has 0 bridgehead atoms. The molecular formula is C17H26N4O6. The number of likely N-dealkylation sites (N-methyl/N-ethyl adjacent to an activating group) is 2. The minimum atomic E-state index is -0.778. The average molecular weight is 382 g/mol. The van der Waals surface area contributed by atoms with Crippen LogP contribution < -0.4 is 15.0 Å². The van der Waals surface area contributed by atoms with Crippen LogP contribution in [0.4, 0.5) is 21.9 Å². The Bertz CT molecular complexity index is 727. The molecule has 1 N–H and O–H groups in total. The van der Waals surface area contributed by atoms with Crippen molar-refractivity contribution in [3.8, 4) is 5.75 Å². The van der Waals surface area contributed by atoms with Crippen molar-refractivity contribution in [2.75, 3.05) is 45.0 Å². The molecule has 0 fully saturated rings. The molecule has 0 radical (unpaired) electrons. The van der Waals surface area contributed by atoms with Crippen molar-refractivity contribution in [2.45, 2.75) is 26.4 Å². The van der Waals surface area contributed by atoms with Crippen molar-refractivity contribution in [2.24, 2.45) is 0 Å². The van der Waals surface area contributed by atoms with Gasteiger partial charge in [-0.05, 0) is 34.9 Å². The minimum Gasteiger partial charge on any atom is -0.494 e. The van der Waals surface area contributed by atoms with Gasteiger partial charge in [0.1, 0.15) is 17.0 Å². The summed E-state index contributed by atoms with van der Waals surface area (Å²) in [5.74, 6) is -0.177. The highest BCUT2D eigenvalue weighted by molar-refractivity contribution is 5.98. The Kier molecular flexibility index (Phi) is 7.12. The van der Waals surface area contributed by atoms with Gasteiger partial charge in [0, 0.05) is 19.2 Å². The number of benzene rings is 1. The van der Waals surface area contributed by atoms with Crippen molar-refractivity contribution < 1.29 is 24.0 Å². The Morgan fingerprint density at radius 1 is 1.22 bits per heavy atom. The number of nitrogens with one attached hydrogen (secondary N) is 1. The number of carbonyl (C=O) groups is 2. The molecule has 2 amide bonds. The number of nitro groups is 1. The van der Waals surface area contributed by atoms with Crippen LogP contribution in [0.1, 0.15) is 20.8 Å². The second kappa shape index (κ2) is 8.67. The van der Waals surface area contributed by atoms with E-state index in [1.54, 1.807) is 39.8 Å². The van der Waals surface area contributed by atoms with Crippen LogP contribution in [-0.2, 0) is 9.53 Å². The molecule has 0 saturated carbocycles. The molecule has 0 unspecified atom stereocenters. The maximum Gasteiger partial charge on any atom is 0.412 e. The van der Waals surface area contributed by atoms with Gasteiger partial charge in [0.2, 0.25) is 5.91 Å². The lowest BCUT2D eigenvalue weighted by Gasteiger charge is -2.22. The number of ether oxygens (including phenoxy) is 2. The van der Waals surface area contributed by atoms with E-state index in [1.807, 2.05) is 0 Å². The number of hydrogen-bond acceptors (Lipinski definition) is 7. The molecule has 1 rings (SSSR count). The Balaban J connectivity index is 3.30. The molecule has 27 heavy (non-hydrogen) atoms. The summed E-state index contributed by atoms with van der Waals surface area (Å²) >= 11 is 0. The van der Waals surface area contributed by atoms with Crippen molar-refractivity contribution >= 4 is 29.1 Å². The van der Waals surface area contributed by atoms with Gasteiger partial charge < -0.3 is 19.3 Å². The summed E-state index contributed by atoms with van der Waals surface area (Å²) < 4.78 is 10.4. The number of hydrogen-bond donors (Lipinski definition) is 1. The Hall–Kier alpha value is -2.88. The minimum absolute atomic E-state index is 0.0541. The normalized spacial score (nSPS) is 11.1. The van der Waals surface area contributed by atoms with Crippen LogP contribution in [0.5, 0.6) is 5.75 Å². The third-order valence-electron chi connectivity index (χ3n) is 3.32. The van der Waals surface area contributed by atoms with E-state index >= 15 is 0 Å². The van der Waals surface area contributed by atoms with E-state index in [9.17, 15) is 19.7 Å². The van der Waals surface area contributed by atoms with Gasteiger partial charge in [-0.15, -0.1) is 0 Å². The fourth-order valence-electron chi connectivity index (χ4n) is 2.16. The number of carbonyl (C=O) groups excluding carboxylic acids is 2. The molecular weight excluding hydrogens is 356 g/mol. The number of amides is 2.